The van der Waals surface area contributed by atoms with E-state index in [1.165, 1.54) is 12.1 Å². The van der Waals surface area contributed by atoms with E-state index in [0.29, 0.717) is 5.69 Å². The van der Waals surface area contributed by atoms with E-state index >= 15 is 0 Å². The largest absolute Gasteiger partial charge is 0.454 e. The molecule has 0 aliphatic rings. The maximum atomic E-state index is 13.5. The Morgan fingerprint density at radius 2 is 1.89 bits per heavy atom. The monoisotopic (exact) mass is 259 g/mol. The van der Waals surface area contributed by atoms with E-state index in [9.17, 15) is 9.18 Å². The van der Waals surface area contributed by atoms with Crippen LogP contribution >= 0.6 is 0 Å². The predicted octanol–water partition coefficient (Wildman–Crippen LogP) is 3.33. The van der Waals surface area contributed by atoms with Crippen molar-refractivity contribution < 1.29 is 13.9 Å². The minimum absolute atomic E-state index is 0.150. The van der Waals surface area contributed by atoms with Gasteiger partial charge in [-0.25, -0.2) is 9.18 Å². The summed E-state index contributed by atoms with van der Waals surface area (Å²) in [6.07, 6.45) is -0.450. The number of carbonyl (C=O) groups excluding carboxylic acids is 1. The average molecular weight is 259 g/mol. The number of carbonyl (C=O) groups is 1. The predicted molar refractivity (Wildman–Crippen MR) is 71.1 cm³/mol. The summed E-state index contributed by atoms with van der Waals surface area (Å²) in [5.74, 6) is -1.36. The molecule has 0 saturated heterocycles. The van der Waals surface area contributed by atoms with Crippen molar-refractivity contribution in [1.29, 1.82) is 0 Å². The van der Waals surface area contributed by atoms with Gasteiger partial charge in [-0.05, 0) is 30.7 Å². The lowest BCUT2D eigenvalue weighted by Gasteiger charge is -2.14. The molecule has 0 aliphatic heterocycles. The molecule has 0 fully saturated rings. The van der Waals surface area contributed by atoms with E-state index < -0.39 is 17.9 Å². The first-order chi connectivity index (χ1) is 9.08. The Kier molecular flexibility index (Phi) is 3.80. The molecule has 0 spiro atoms. The second-order valence-electron chi connectivity index (χ2n) is 4.20. The molecule has 19 heavy (non-hydrogen) atoms. The standard InChI is InChI=1S/C15H14FNO2/c1-10(11-5-3-2-4-6-11)19-15(18)13-9-12(17)7-8-14(13)16/h2-10H,17H2,1H3. The van der Waals surface area contributed by atoms with E-state index in [2.05, 4.69) is 0 Å². The van der Waals surface area contributed by atoms with Crippen LogP contribution in [-0.4, -0.2) is 5.97 Å². The Labute approximate surface area is 110 Å². The number of ether oxygens (including phenoxy) is 1. The molecule has 0 aromatic heterocycles. The molecular weight excluding hydrogens is 245 g/mol. The SMILES string of the molecule is CC(OC(=O)c1cc(N)ccc1F)c1ccccc1. The molecule has 4 heteroatoms. The lowest BCUT2D eigenvalue weighted by molar-refractivity contribution is 0.0332. The van der Waals surface area contributed by atoms with Crippen LogP contribution in [0.3, 0.4) is 0 Å². The van der Waals surface area contributed by atoms with Gasteiger partial charge < -0.3 is 10.5 Å². The number of halogens is 1. The second kappa shape index (κ2) is 5.52. The highest BCUT2D eigenvalue weighted by molar-refractivity contribution is 5.90. The third-order valence-electron chi connectivity index (χ3n) is 2.76. The first-order valence-corrected chi connectivity index (χ1v) is 5.89. The molecular formula is C15H14FNO2. The van der Waals surface area contributed by atoms with E-state index in [0.717, 1.165) is 11.6 Å². The van der Waals surface area contributed by atoms with Crippen LogP contribution in [0.25, 0.3) is 0 Å². The molecule has 0 aliphatic carbocycles. The molecule has 2 N–H and O–H groups in total. The van der Waals surface area contributed by atoms with Crippen LogP contribution < -0.4 is 5.73 Å². The molecule has 98 valence electrons. The summed E-state index contributed by atoms with van der Waals surface area (Å²) < 4.78 is 18.7. The Morgan fingerprint density at radius 1 is 1.21 bits per heavy atom. The van der Waals surface area contributed by atoms with E-state index in [-0.39, 0.29) is 5.56 Å². The number of benzene rings is 2. The molecule has 0 saturated carbocycles. The number of hydrogen-bond donors (Lipinski definition) is 1. The first-order valence-electron chi connectivity index (χ1n) is 5.89. The van der Waals surface area contributed by atoms with Crippen molar-refractivity contribution in [2.45, 2.75) is 13.0 Å². The van der Waals surface area contributed by atoms with Crippen molar-refractivity contribution in [2.24, 2.45) is 0 Å². The lowest BCUT2D eigenvalue weighted by Crippen LogP contribution is -2.11. The Hall–Kier alpha value is -2.36. The third-order valence-corrected chi connectivity index (χ3v) is 2.76. The molecule has 2 rings (SSSR count). The molecule has 3 nitrogen and oxygen atoms in total. The summed E-state index contributed by atoms with van der Waals surface area (Å²) in [6, 6.07) is 13.1. The molecule has 0 amide bonds. The van der Waals surface area contributed by atoms with Crippen LogP contribution in [0.15, 0.2) is 48.5 Å². The van der Waals surface area contributed by atoms with E-state index in [1.54, 1.807) is 6.92 Å². The van der Waals surface area contributed by atoms with Gasteiger partial charge >= 0.3 is 5.97 Å². The van der Waals surface area contributed by atoms with Crippen molar-refractivity contribution in [3.63, 3.8) is 0 Å². The Balaban J connectivity index is 2.15. The zero-order chi connectivity index (χ0) is 13.8. The molecule has 0 bridgehead atoms. The number of anilines is 1. The average Bonchev–Trinajstić information content (AvgIpc) is 2.42. The second-order valence-corrected chi connectivity index (χ2v) is 4.20. The number of rotatable bonds is 3. The van der Waals surface area contributed by atoms with Gasteiger partial charge in [0.2, 0.25) is 0 Å². The van der Waals surface area contributed by atoms with Gasteiger partial charge in [-0.2, -0.15) is 0 Å². The molecule has 2 aromatic carbocycles. The van der Waals surface area contributed by atoms with Gasteiger partial charge in [-0.3, -0.25) is 0 Å². The third kappa shape index (κ3) is 3.10. The minimum atomic E-state index is -0.721. The number of nitrogens with two attached hydrogens (primary N) is 1. The van der Waals surface area contributed by atoms with Crippen molar-refractivity contribution in [3.05, 3.63) is 65.5 Å². The van der Waals surface area contributed by atoms with E-state index in [4.69, 9.17) is 10.5 Å². The molecule has 0 radical (unpaired) electrons. The Morgan fingerprint density at radius 3 is 2.58 bits per heavy atom. The summed E-state index contributed by atoms with van der Waals surface area (Å²) in [4.78, 5) is 11.9. The summed E-state index contributed by atoms with van der Waals surface area (Å²) >= 11 is 0. The highest BCUT2D eigenvalue weighted by atomic mass is 19.1. The van der Waals surface area contributed by atoms with Gasteiger partial charge in [0, 0.05) is 5.69 Å². The van der Waals surface area contributed by atoms with Crippen LogP contribution in [0, 0.1) is 5.82 Å². The van der Waals surface area contributed by atoms with E-state index in [1.807, 2.05) is 30.3 Å². The fraction of sp³-hybridized carbons (Fsp3) is 0.133. The normalized spacial score (nSPS) is 11.9. The van der Waals surface area contributed by atoms with Crippen molar-refractivity contribution >= 4 is 11.7 Å². The quantitative estimate of drug-likeness (QED) is 0.679. The highest BCUT2D eigenvalue weighted by Gasteiger charge is 2.17. The van der Waals surface area contributed by atoms with Gasteiger partial charge in [0.15, 0.2) is 0 Å². The lowest BCUT2D eigenvalue weighted by atomic mass is 10.1. The van der Waals surface area contributed by atoms with Crippen molar-refractivity contribution in [3.8, 4) is 0 Å². The fourth-order valence-corrected chi connectivity index (χ4v) is 1.72. The van der Waals surface area contributed by atoms with Crippen LogP contribution in [0.1, 0.15) is 28.9 Å². The maximum Gasteiger partial charge on any atom is 0.341 e. The zero-order valence-corrected chi connectivity index (χ0v) is 10.5. The van der Waals surface area contributed by atoms with Gasteiger partial charge in [0.1, 0.15) is 11.9 Å². The fourth-order valence-electron chi connectivity index (χ4n) is 1.72. The van der Waals surface area contributed by atoms with Crippen LogP contribution in [0.4, 0.5) is 10.1 Å². The number of nitrogen functional groups attached to an aromatic ring is 1. The number of esters is 1. The highest BCUT2D eigenvalue weighted by Crippen LogP contribution is 2.20. The van der Waals surface area contributed by atoms with Crippen molar-refractivity contribution in [1.82, 2.24) is 0 Å². The Bertz CT molecular complexity index is 584. The van der Waals surface area contributed by atoms with Gasteiger partial charge in [-0.1, -0.05) is 30.3 Å². The smallest absolute Gasteiger partial charge is 0.341 e. The van der Waals surface area contributed by atoms with Gasteiger partial charge in [-0.15, -0.1) is 0 Å². The first kappa shape index (κ1) is 13.1. The summed E-state index contributed by atoms with van der Waals surface area (Å²) in [6.45, 7) is 1.73. The van der Waals surface area contributed by atoms with Crippen LogP contribution in [-0.2, 0) is 4.74 Å². The maximum absolute atomic E-state index is 13.5. The van der Waals surface area contributed by atoms with Gasteiger partial charge in [0.05, 0.1) is 5.56 Å². The van der Waals surface area contributed by atoms with Crippen LogP contribution in [0.2, 0.25) is 0 Å². The summed E-state index contributed by atoms with van der Waals surface area (Å²) in [5.41, 5.74) is 6.55. The summed E-state index contributed by atoms with van der Waals surface area (Å²) in [7, 11) is 0. The zero-order valence-electron chi connectivity index (χ0n) is 10.5. The molecule has 1 unspecified atom stereocenters. The summed E-state index contributed by atoms with van der Waals surface area (Å²) in [5, 5.41) is 0. The van der Waals surface area contributed by atoms with Crippen LogP contribution in [0.5, 0.6) is 0 Å². The van der Waals surface area contributed by atoms with Crippen molar-refractivity contribution in [2.75, 3.05) is 5.73 Å². The molecule has 2 aromatic rings. The molecule has 0 heterocycles. The molecule has 1 atom stereocenters. The van der Waals surface area contributed by atoms with Gasteiger partial charge in [0.25, 0.3) is 0 Å². The number of hydrogen-bond acceptors (Lipinski definition) is 3. The minimum Gasteiger partial charge on any atom is -0.454 e. The topological polar surface area (TPSA) is 52.3 Å².